The summed E-state index contributed by atoms with van der Waals surface area (Å²) in [7, 11) is 1.56. The fourth-order valence-electron chi connectivity index (χ4n) is 1.72. The third-order valence-electron chi connectivity index (χ3n) is 2.80. The lowest BCUT2D eigenvalue weighted by atomic mass is 10.2. The second kappa shape index (κ2) is 6.25. The molecule has 0 amide bonds. The van der Waals surface area contributed by atoms with Crippen LogP contribution in [0.1, 0.15) is 5.56 Å². The largest absolute Gasteiger partial charge is 0.495 e. The molecule has 0 heterocycles. The smallest absolute Gasteiger partial charge is 0.269 e. The molecule has 0 aliphatic carbocycles. The summed E-state index contributed by atoms with van der Waals surface area (Å²) >= 11 is 6.03. The van der Waals surface area contributed by atoms with E-state index in [0.29, 0.717) is 17.3 Å². The number of rotatable bonds is 5. The van der Waals surface area contributed by atoms with Gasteiger partial charge in [-0.15, -0.1) is 0 Å². The SMILES string of the molecule is COc1ccc(NCc2ccc([N+](=O)[O-])cc2)cc1Cl. The van der Waals surface area contributed by atoms with Gasteiger partial charge in [0.05, 0.1) is 17.1 Å². The Morgan fingerprint density at radius 2 is 1.95 bits per heavy atom. The predicted molar refractivity (Wildman–Crippen MR) is 78.4 cm³/mol. The van der Waals surface area contributed by atoms with Gasteiger partial charge in [0, 0.05) is 24.4 Å². The molecule has 0 atom stereocenters. The van der Waals surface area contributed by atoms with E-state index in [-0.39, 0.29) is 5.69 Å². The molecule has 2 aromatic rings. The number of anilines is 1. The normalized spacial score (nSPS) is 10.1. The van der Waals surface area contributed by atoms with Gasteiger partial charge >= 0.3 is 0 Å². The fourth-order valence-corrected chi connectivity index (χ4v) is 1.97. The van der Waals surface area contributed by atoms with Gasteiger partial charge in [-0.1, -0.05) is 23.7 Å². The first kappa shape index (κ1) is 14.1. The first-order valence-electron chi connectivity index (χ1n) is 5.91. The minimum absolute atomic E-state index is 0.0845. The summed E-state index contributed by atoms with van der Waals surface area (Å²) in [6.45, 7) is 0.556. The van der Waals surface area contributed by atoms with Crippen LogP contribution >= 0.6 is 11.6 Å². The molecule has 2 rings (SSSR count). The molecule has 20 heavy (non-hydrogen) atoms. The zero-order valence-corrected chi connectivity index (χ0v) is 11.6. The van der Waals surface area contributed by atoms with Crippen LogP contribution in [0.4, 0.5) is 11.4 Å². The van der Waals surface area contributed by atoms with Crippen molar-refractivity contribution in [3.8, 4) is 5.75 Å². The van der Waals surface area contributed by atoms with Crippen LogP contribution in [0.5, 0.6) is 5.75 Å². The number of benzene rings is 2. The quantitative estimate of drug-likeness (QED) is 0.671. The molecule has 2 aromatic carbocycles. The van der Waals surface area contributed by atoms with Crippen molar-refractivity contribution in [2.75, 3.05) is 12.4 Å². The van der Waals surface area contributed by atoms with Crippen molar-refractivity contribution in [1.29, 1.82) is 0 Å². The highest BCUT2D eigenvalue weighted by Crippen LogP contribution is 2.27. The highest BCUT2D eigenvalue weighted by atomic mass is 35.5. The number of methoxy groups -OCH3 is 1. The van der Waals surface area contributed by atoms with E-state index in [1.807, 2.05) is 6.07 Å². The van der Waals surface area contributed by atoms with Crippen molar-refractivity contribution in [2.45, 2.75) is 6.54 Å². The molecule has 0 fully saturated rings. The Morgan fingerprint density at radius 1 is 1.25 bits per heavy atom. The van der Waals surface area contributed by atoms with Crippen LogP contribution in [0.2, 0.25) is 5.02 Å². The number of nitro benzene ring substituents is 1. The first-order valence-corrected chi connectivity index (χ1v) is 6.28. The number of non-ortho nitro benzene ring substituents is 1. The maximum atomic E-state index is 10.6. The number of nitrogens with one attached hydrogen (secondary N) is 1. The standard InChI is InChI=1S/C14H13ClN2O3/c1-20-14-7-4-11(8-13(14)15)16-9-10-2-5-12(6-3-10)17(18)19/h2-8,16H,9H2,1H3. The van der Waals surface area contributed by atoms with E-state index in [4.69, 9.17) is 16.3 Å². The molecule has 0 bridgehead atoms. The second-order valence-electron chi connectivity index (χ2n) is 4.13. The van der Waals surface area contributed by atoms with Gasteiger partial charge < -0.3 is 10.1 Å². The molecule has 0 aliphatic heterocycles. The highest BCUT2D eigenvalue weighted by molar-refractivity contribution is 6.32. The number of nitro groups is 1. The lowest BCUT2D eigenvalue weighted by Gasteiger charge is -2.09. The molecule has 0 radical (unpaired) electrons. The maximum absolute atomic E-state index is 10.6. The molecule has 0 unspecified atom stereocenters. The Bertz CT molecular complexity index is 614. The number of ether oxygens (including phenoxy) is 1. The average Bonchev–Trinajstić information content (AvgIpc) is 2.45. The number of hydrogen-bond acceptors (Lipinski definition) is 4. The van der Waals surface area contributed by atoms with Crippen molar-refractivity contribution in [2.24, 2.45) is 0 Å². The minimum Gasteiger partial charge on any atom is -0.495 e. The molecule has 104 valence electrons. The molecular formula is C14H13ClN2O3. The van der Waals surface area contributed by atoms with Gasteiger partial charge in [0.2, 0.25) is 0 Å². The van der Waals surface area contributed by atoms with Crippen LogP contribution in [0.3, 0.4) is 0 Å². The van der Waals surface area contributed by atoms with E-state index in [9.17, 15) is 10.1 Å². The van der Waals surface area contributed by atoms with Gasteiger partial charge in [-0.25, -0.2) is 0 Å². The Balaban J connectivity index is 2.01. The third-order valence-corrected chi connectivity index (χ3v) is 3.09. The molecular weight excluding hydrogens is 280 g/mol. The lowest BCUT2D eigenvalue weighted by molar-refractivity contribution is -0.384. The van der Waals surface area contributed by atoms with Crippen molar-refractivity contribution in [3.05, 3.63) is 63.2 Å². The molecule has 0 aromatic heterocycles. The van der Waals surface area contributed by atoms with Gasteiger partial charge in [0.1, 0.15) is 5.75 Å². The Morgan fingerprint density at radius 3 is 2.50 bits per heavy atom. The Labute approximate surface area is 121 Å². The van der Waals surface area contributed by atoms with Crippen LogP contribution in [0.25, 0.3) is 0 Å². The van der Waals surface area contributed by atoms with E-state index in [1.54, 1.807) is 31.4 Å². The monoisotopic (exact) mass is 292 g/mol. The average molecular weight is 293 g/mol. The summed E-state index contributed by atoms with van der Waals surface area (Å²) in [5, 5.41) is 14.3. The molecule has 0 saturated heterocycles. The molecule has 6 heteroatoms. The summed E-state index contributed by atoms with van der Waals surface area (Å²) in [6, 6.07) is 11.8. The number of hydrogen-bond donors (Lipinski definition) is 1. The summed E-state index contributed by atoms with van der Waals surface area (Å²) in [5.74, 6) is 0.618. The molecule has 0 saturated carbocycles. The van der Waals surface area contributed by atoms with Crippen molar-refractivity contribution in [3.63, 3.8) is 0 Å². The van der Waals surface area contributed by atoms with E-state index in [0.717, 1.165) is 11.3 Å². The highest BCUT2D eigenvalue weighted by Gasteiger charge is 2.04. The van der Waals surface area contributed by atoms with Crippen molar-refractivity contribution < 1.29 is 9.66 Å². The van der Waals surface area contributed by atoms with Crippen LogP contribution < -0.4 is 10.1 Å². The van der Waals surface area contributed by atoms with E-state index >= 15 is 0 Å². The van der Waals surface area contributed by atoms with Crippen LogP contribution in [-0.4, -0.2) is 12.0 Å². The molecule has 0 spiro atoms. The number of halogens is 1. The van der Waals surface area contributed by atoms with Crippen LogP contribution in [-0.2, 0) is 6.54 Å². The van der Waals surface area contributed by atoms with Gasteiger partial charge in [-0.3, -0.25) is 10.1 Å². The van der Waals surface area contributed by atoms with E-state index in [1.165, 1.54) is 12.1 Å². The van der Waals surface area contributed by atoms with Crippen molar-refractivity contribution >= 4 is 23.0 Å². The number of nitrogens with zero attached hydrogens (tertiary/aromatic N) is 1. The second-order valence-corrected chi connectivity index (χ2v) is 4.53. The maximum Gasteiger partial charge on any atom is 0.269 e. The summed E-state index contributed by atoms with van der Waals surface area (Å²) in [4.78, 5) is 10.1. The topological polar surface area (TPSA) is 64.4 Å². The van der Waals surface area contributed by atoms with Crippen molar-refractivity contribution in [1.82, 2.24) is 0 Å². The van der Waals surface area contributed by atoms with E-state index < -0.39 is 4.92 Å². The van der Waals surface area contributed by atoms with Gasteiger partial charge in [-0.05, 0) is 23.8 Å². The Hall–Kier alpha value is -2.27. The molecule has 5 nitrogen and oxygen atoms in total. The third kappa shape index (κ3) is 3.39. The van der Waals surface area contributed by atoms with E-state index in [2.05, 4.69) is 5.32 Å². The zero-order valence-electron chi connectivity index (χ0n) is 10.8. The fraction of sp³-hybridized carbons (Fsp3) is 0.143. The van der Waals surface area contributed by atoms with Crippen LogP contribution in [0, 0.1) is 10.1 Å². The zero-order chi connectivity index (χ0) is 14.5. The summed E-state index contributed by atoms with van der Waals surface area (Å²) in [6.07, 6.45) is 0. The summed E-state index contributed by atoms with van der Waals surface area (Å²) < 4.78 is 5.07. The Kier molecular flexibility index (Phi) is 4.42. The van der Waals surface area contributed by atoms with Crippen LogP contribution in [0.15, 0.2) is 42.5 Å². The first-order chi connectivity index (χ1) is 9.60. The summed E-state index contributed by atoms with van der Waals surface area (Å²) in [5.41, 5.74) is 1.89. The lowest BCUT2D eigenvalue weighted by Crippen LogP contribution is -1.99. The van der Waals surface area contributed by atoms with Gasteiger partial charge in [0.25, 0.3) is 5.69 Å². The van der Waals surface area contributed by atoms with Gasteiger partial charge in [-0.2, -0.15) is 0 Å². The predicted octanol–water partition coefficient (Wildman–Crippen LogP) is 3.87. The van der Waals surface area contributed by atoms with Gasteiger partial charge in [0.15, 0.2) is 0 Å². The molecule has 0 aliphatic rings. The minimum atomic E-state index is -0.416. The molecule has 1 N–H and O–H groups in total.